The van der Waals surface area contributed by atoms with Gasteiger partial charge in [0.1, 0.15) is 5.75 Å². The number of ether oxygens (including phenoxy) is 1. The molecular formula is C29H31N3O4S. The highest BCUT2D eigenvalue weighted by Gasteiger charge is 2.20. The van der Waals surface area contributed by atoms with Crippen molar-refractivity contribution in [3.63, 3.8) is 0 Å². The number of carbonyl (C=O) groups is 2. The van der Waals surface area contributed by atoms with Crippen LogP contribution in [0.15, 0.2) is 71.6 Å². The molecule has 0 bridgehead atoms. The molecule has 1 amide bonds. The fourth-order valence-corrected chi connectivity index (χ4v) is 5.31. The Balaban J connectivity index is 1.44. The SMILES string of the molecule is COc1ccc(N(C)C(=O)[C@@H](N)Cc2cccc(SCc3[nH]c4cc(C)ccc4c3CC(=O)O)c2)cc1. The molecule has 37 heavy (non-hydrogen) atoms. The fraction of sp³-hybridized carbons (Fsp3) is 0.241. The largest absolute Gasteiger partial charge is 0.497 e. The predicted molar refractivity (Wildman–Crippen MR) is 148 cm³/mol. The molecule has 0 spiro atoms. The Morgan fingerprint density at radius 3 is 2.57 bits per heavy atom. The summed E-state index contributed by atoms with van der Waals surface area (Å²) in [6, 6.07) is 20.6. The summed E-state index contributed by atoms with van der Waals surface area (Å²) in [5, 5.41) is 10.4. The van der Waals surface area contributed by atoms with Crippen LogP contribution in [0.2, 0.25) is 0 Å². The molecule has 7 nitrogen and oxygen atoms in total. The van der Waals surface area contributed by atoms with E-state index in [1.807, 2.05) is 73.7 Å². The van der Waals surface area contributed by atoms with Crippen molar-refractivity contribution < 1.29 is 19.4 Å². The minimum atomic E-state index is -0.854. The number of thioether (sulfide) groups is 1. The lowest BCUT2D eigenvalue weighted by atomic mass is 10.1. The van der Waals surface area contributed by atoms with Crippen molar-refractivity contribution in [2.45, 2.75) is 36.5 Å². The predicted octanol–water partition coefficient (Wildman–Crippen LogP) is 4.94. The average molecular weight is 518 g/mol. The van der Waals surface area contributed by atoms with Crippen LogP contribution < -0.4 is 15.4 Å². The van der Waals surface area contributed by atoms with Crippen molar-refractivity contribution in [1.82, 2.24) is 4.98 Å². The lowest BCUT2D eigenvalue weighted by molar-refractivity contribution is -0.136. The minimum absolute atomic E-state index is 0.0301. The number of H-pyrrole nitrogens is 1. The number of aryl methyl sites for hydroxylation is 1. The summed E-state index contributed by atoms with van der Waals surface area (Å²) in [7, 11) is 3.31. The van der Waals surface area contributed by atoms with Gasteiger partial charge in [0.15, 0.2) is 0 Å². The Morgan fingerprint density at radius 2 is 1.86 bits per heavy atom. The number of fused-ring (bicyclic) bond motifs is 1. The van der Waals surface area contributed by atoms with Crippen LogP contribution in [0.4, 0.5) is 5.69 Å². The van der Waals surface area contributed by atoms with Gasteiger partial charge >= 0.3 is 5.97 Å². The topological polar surface area (TPSA) is 109 Å². The Morgan fingerprint density at radius 1 is 1.11 bits per heavy atom. The van der Waals surface area contributed by atoms with Crippen LogP contribution >= 0.6 is 11.8 Å². The summed E-state index contributed by atoms with van der Waals surface area (Å²) in [6.07, 6.45) is 0.376. The van der Waals surface area contributed by atoms with Gasteiger partial charge in [0.25, 0.3) is 0 Å². The van der Waals surface area contributed by atoms with E-state index in [1.165, 1.54) is 0 Å². The van der Waals surface area contributed by atoms with Crippen LogP contribution in [0.1, 0.15) is 22.4 Å². The summed E-state index contributed by atoms with van der Waals surface area (Å²) in [6.45, 7) is 2.02. The van der Waals surface area contributed by atoms with Gasteiger partial charge in [-0.2, -0.15) is 0 Å². The number of benzene rings is 3. The summed E-state index contributed by atoms with van der Waals surface area (Å²) in [5.41, 5.74) is 11.8. The van der Waals surface area contributed by atoms with E-state index in [0.29, 0.717) is 12.2 Å². The highest BCUT2D eigenvalue weighted by molar-refractivity contribution is 7.98. The molecule has 4 N–H and O–H groups in total. The molecule has 4 rings (SSSR count). The number of aromatic nitrogens is 1. The Bertz CT molecular complexity index is 1410. The monoisotopic (exact) mass is 517 g/mol. The highest BCUT2D eigenvalue weighted by atomic mass is 32.2. The number of nitrogens with one attached hydrogen (secondary N) is 1. The standard InChI is InChI=1S/C29H31N3O4S/c1-18-7-12-23-24(16-28(33)34)27(31-26(23)13-18)17-37-22-6-4-5-19(14-22)15-25(30)29(35)32(2)20-8-10-21(36-3)11-9-20/h4-14,25,31H,15-17,30H2,1-3H3,(H,33,34)/t25-/m0/s1. The molecule has 0 radical (unpaired) electrons. The first-order valence-electron chi connectivity index (χ1n) is 12.0. The number of hydrogen-bond donors (Lipinski definition) is 3. The van der Waals surface area contributed by atoms with E-state index in [1.54, 1.807) is 30.8 Å². The van der Waals surface area contributed by atoms with Gasteiger partial charge in [0.2, 0.25) is 5.91 Å². The normalized spacial score (nSPS) is 11.9. The maximum absolute atomic E-state index is 12.9. The molecule has 0 unspecified atom stereocenters. The van der Waals surface area contributed by atoms with Gasteiger partial charge in [-0.1, -0.05) is 24.3 Å². The van der Waals surface area contributed by atoms with Gasteiger partial charge in [-0.3, -0.25) is 9.59 Å². The Kier molecular flexibility index (Phi) is 8.21. The molecule has 0 fully saturated rings. The van der Waals surface area contributed by atoms with E-state index >= 15 is 0 Å². The fourth-order valence-electron chi connectivity index (χ4n) is 4.34. The van der Waals surface area contributed by atoms with Crippen LogP contribution in [-0.4, -0.2) is 42.2 Å². The molecule has 1 atom stereocenters. The van der Waals surface area contributed by atoms with Crippen molar-refractivity contribution in [2.75, 3.05) is 19.1 Å². The van der Waals surface area contributed by atoms with Gasteiger partial charge in [-0.15, -0.1) is 11.8 Å². The average Bonchev–Trinajstić information content (AvgIpc) is 3.22. The highest BCUT2D eigenvalue weighted by Crippen LogP contribution is 2.30. The smallest absolute Gasteiger partial charge is 0.307 e. The summed E-state index contributed by atoms with van der Waals surface area (Å²) < 4.78 is 5.18. The molecule has 8 heteroatoms. The molecule has 0 saturated carbocycles. The van der Waals surface area contributed by atoms with Crippen LogP contribution in [0.25, 0.3) is 10.9 Å². The van der Waals surface area contributed by atoms with Crippen LogP contribution in [-0.2, 0) is 28.2 Å². The van der Waals surface area contributed by atoms with Gasteiger partial charge in [0.05, 0.1) is 19.6 Å². The second kappa shape index (κ2) is 11.5. The van der Waals surface area contributed by atoms with Crippen LogP contribution in [0, 0.1) is 6.92 Å². The molecule has 1 heterocycles. The number of carbonyl (C=O) groups excluding carboxylic acids is 1. The summed E-state index contributed by atoms with van der Waals surface area (Å²) in [5.74, 6) is 0.300. The molecule has 0 saturated heterocycles. The number of hydrogen-bond acceptors (Lipinski definition) is 5. The molecular weight excluding hydrogens is 486 g/mol. The second-order valence-corrected chi connectivity index (χ2v) is 10.1. The van der Waals surface area contributed by atoms with Gasteiger partial charge in [-0.05, 0) is 72.5 Å². The number of anilines is 1. The molecule has 1 aromatic heterocycles. The van der Waals surface area contributed by atoms with E-state index in [9.17, 15) is 14.7 Å². The van der Waals surface area contributed by atoms with Crippen molar-refractivity contribution in [2.24, 2.45) is 5.73 Å². The van der Waals surface area contributed by atoms with E-state index < -0.39 is 12.0 Å². The quantitative estimate of drug-likeness (QED) is 0.257. The number of nitrogens with zero attached hydrogens (tertiary/aromatic N) is 1. The number of amides is 1. The lowest BCUT2D eigenvalue weighted by Gasteiger charge is -2.22. The van der Waals surface area contributed by atoms with E-state index in [0.717, 1.165) is 49.6 Å². The van der Waals surface area contributed by atoms with Crippen molar-refractivity contribution in [3.8, 4) is 5.75 Å². The van der Waals surface area contributed by atoms with Gasteiger partial charge in [0, 0.05) is 40.0 Å². The first kappa shape index (κ1) is 26.3. The zero-order valence-corrected chi connectivity index (χ0v) is 22.0. The number of carboxylic acids is 1. The van der Waals surface area contributed by atoms with E-state index in [-0.39, 0.29) is 12.3 Å². The first-order chi connectivity index (χ1) is 17.7. The lowest BCUT2D eigenvalue weighted by Crippen LogP contribution is -2.43. The first-order valence-corrected chi connectivity index (χ1v) is 12.9. The van der Waals surface area contributed by atoms with E-state index in [4.69, 9.17) is 10.5 Å². The molecule has 3 aromatic carbocycles. The van der Waals surface area contributed by atoms with Crippen molar-refractivity contribution in [1.29, 1.82) is 0 Å². The molecule has 192 valence electrons. The van der Waals surface area contributed by atoms with Crippen LogP contribution in [0.5, 0.6) is 5.75 Å². The summed E-state index contributed by atoms with van der Waals surface area (Å²) in [4.78, 5) is 30.4. The van der Waals surface area contributed by atoms with E-state index in [2.05, 4.69) is 4.98 Å². The minimum Gasteiger partial charge on any atom is -0.497 e. The number of carboxylic acid groups (broad SMARTS) is 1. The zero-order chi connectivity index (χ0) is 26.5. The Hall–Kier alpha value is -3.75. The number of methoxy groups -OCH3 is 1. The van der Waals surface area contributed by atoms with Crippen LogP contribution in [0.3, 0.4) is 0 Å². The molecule has 0 aliphatic carbocycles. The maximum atomic E-state index is 12.9. The number of aliphatic carboxylic acids is 1. The molecule has 0 aliphatic rings. The number of likely N-dealkylation sites (N-methyl/N-ethyl adjacent to an activating group) is 1. The third-order valence-electron chi connectivity index (χ3n) is 6.32. The molecule has 4 aromatic rings. The zero-order valence-electron chi connectivity index (χ0n) is 21.2. The van der Waals surface area contributed by atoms with Crippen molar-refractivity contribution >= 4 is 40.2 Å². The third-order valence-corrected chi connectivity index (χ3v) is 7.34. The third kappa shape index (κ3) is 6.34. The number of rotatable bonds is 10. The van der Waals surface area contributed by atoms with Gasteiger partial charge < -0.3 is 25.5 Å². The number of aromatic amines is 1. The number of nitrogens with two attached hydrogens (primary N) is 1. The van der Waals surface area contributed by atoms with Crippen molar-refractivity contribution in [3.05, 3.63) is 89.1 Å². The second-order valence-electron chi connectivity index (χ2n) is 9.04. The molecule has 0 aliphatic heterocycles. The summed E-state index contributed by atoms with van der Waals surface area (Å²) >= 11 is 1.62. The maximum Gasteiger partial charge on any atom is 0.307 e. The Labute approximate surface area is 220 Å². The van der Waals surface area contributed by atoms with Gasteiger partial charge in [-0.25, -0.2) is 0 Å².